The van der Waals surface area contributed by atoms with Crippen molar-refractivity contribution in [2.45, 2.75) is 0 Å². The molecule has 0 radical (unpaired) electrons. The number of phenolic OH excluding ortho intramolecular Hbond substituents is 1. The smallest absolute Gasteiger partial charge is 0.231 e. The maximum atomic E-state index is 10.6. The summed E-state index contributed by atoms with van der Waals surface area (Å²) in [6.07, 6.45) is 0. The van der Waals surface area contributed by atoms with Gasteiger partial charge in [0, 0.05) is 16.2 Å². The second-order valence-corrected chi connectivity index (χ2v) is 6.05. The Morgan fingerprint density at radius 2 is 1.69 bits per heavy atom. The first kappa shape index (κ1) is 14.9. The zero-order valence-corrected chi connectivity index (χ0v) is 14.2. The summed E-state index contributed by atoms with van der Waals surface area (Å²) >= 11 is 0. The van der Waals surface area contributed by atoms with Crippen LogP contribution in [-0.4, -0.2) is 31.1 Å². The molecule has 130 valence electrons. The quantitative estimate of drug-likeness (QED) is 0.552. The van der Waals surface area contributed by atoms with E-state index in [2.05, 4.69) is 4.98 Å². The summed E-state index contributed by atoms with van der Waals surface area (Å²) in [7, 11) is 3.05. The van der Waals surface area contributed by atoms with Crippen LogP contribution in [0.5, 0.6) is 28.9 Å². The third-order valence-electron chi connectivity index (χ3n) is 4.76. The standard InChI is InChI=1S/C20H15NO5/c1-23-14-6-5-11-12-4-3-10-7-15-16(26-9-25-15)8-13(10)18(12)21-20(24-2)17(11)19(14)22/h3-8,22H,9H2,1-2H3. The molecule has 26 heavy (non-hydrogen) atoms. The Bertz CT molecular complexity index is 1200. The van der Waals surface area contributed by atoms with E-state index in [-0.39, 0.29) is 12.5 Å². The summed E-state index contributed by atoms with van der Waals surface area (Å²) in [6, 6.07) is 11.5. The van der Waals surface area contributed by atoms with E-state index in [1.54, 1.807) is 6.07 Å². The molecule has 1 aliphatic rings. The van der Waals surface area contributed by atoms with Crippen molar-refractivity contribution in [1.82, 2.24) is 4.98 Å². The lowest BCUT2D eigenvalue weighted by Crippen LogP contribution is -1.94. The second kappa shape index (κ2) is 5.29. The number of pyridine rings is 1. The largest absolute Gasteiger partial charge is 0.504 e. The van der Waals surface area contributed by atoms with Crippen molar-refractivity contribution in [2.24, 2.45) is 0 Å². The predicted molar refractivity (Wildman–Crippen MR) is 97.6 cm³/mol. The molecule has 6 nitrogen and oxygen atoms in total. The summed E-state index contributed by atoms with van der Waals surface area (Å²) in [5.74, 6) is 2.16. The number of hydrogen-bond acceptors (Lipinski definition) is 6. The van der Waals surface area contributed by atoms with E-state index >= 15 is 0 Å². The van der Waals surface area contributed by atoms with E-state index in [0.717, 1.165) is 32.8 Å². The number of aromatic nitrogens is 1. The van der Waals surface area contributed by atoms with Crippen molar-refractivity contribution >= 4 is 32.4 Å². The molecule has 4 aromatic rings. The van der Waals surface area contributed by atoms with Crippen molar-refractivity contribution in [1.29, 1.82) is 0 Å². The van der Waals surface area contributed by atoms with Crippen molar-refractivity contribution in [2.75, 3.05) is 21.0 Å². The van der Waals surface area contributed by atoms with Crippen LogP contribution in [0.4, 0.5) is 0 Å². The zero-order valence-electron chi connectivity index (χ0n) is 14.2. The molecule has 0 bridgehead atoms. The molecule has 0 amide bonds. The third-order valence-corrected chi connectivity index (χ3v) is 4.76. The van der Waals surface area contributed by atoms with Gasteiger partial charge >= 0.3 is 0 Å². The highest BCUT2D eigenvalue weighted by molar-refractivity contribution is 6.18. The minimum atomic E-state index is 0.0158. The highest BCUT2D eigenvalue weighted by atomic mass is 16.7. The van der Waals surface area contributed by atoms with Crippen LogP contribution in [0, 0.1) is 0 Å². The molecule has 1 N–H and O–H groups in total. The Kier molecular flexibility index (Phi) is 3.03. The molecular weight excluding hydrogens is 334 g/mol. The summed E-state index contributed by atoms with van der Waals surface area (Å²) in [5, 5.41) is 14.8. The van der Waals surface area contributed by atoms with E-state index in [0.29, 0.717) is 22.8 Å². The molecule has 3 aromatic carbocycles. The molecule has 0 unspecified atom stereocenters. The molecule has 0 spiro atoms. The fourth-order valence-corrected chi connectivity index (χ4v) is 3.52. The predicted octanol–water partition coefficient (Wildman–Crippen LogP) is 3.99. The first-order valence-electron chi connectivity index (χ1n) is 8.11. The summed E-state index contributed by atoms with van der Waals surface area (Å²) in [5.41, 5.74) is 0.773. The molecule has 2 heterocycles. The Balaban J connectivity index is 1.95. The summed E-state index contributed by atoms with van der Waals surface area (Å²) < 4.78 is 21.7. The van der Waals surface area contributed by atoms with Gasteiger partial charge in [-0.3, -0.25) is 0 Å². The van der Waals surface area contributed by atoms with Gasteiger partial charge in [0.25, 0.3) is 0 Å². The average molecular weight is 349 g/mol. The van der Waals surface area contributed by atoms with Crippen LogP contribution in [0.1, 0.15) is 0 Å². The average Bonchev–Trinajstić information content (AvgIpc) is 3.13. The fraction of sp³-hybridized carbons (Fsp3) is 0.150. The number of methoxy groups -OCH3 is 2. The second-order valence-electron chi connectivity index (χ2n) is 6.05. The van der Waals surface area contributed by atoms with E-state index in [9.17, 15) is 5.11 Å². The minimum absolute atomic E-state index is 0.0158. The lowest BCUT2D eigenvalue weighted by atomic mass is 10.00. The van der Waals surface area contributed by atoms with Crippen molar-refractivity contribution in [3.05, 3.63) is 36.4 Å². The Morgan fingerprint density at radius 1 is 0.923 bits per heavy atom. The van der Waals surface area contributed by atoms with Crippen molar-refractivity contribution < 1.29 is 24.1 Å². The van der Waals surface area contributed by atoms with Gasteiger partial charge in [-0.25, -0.2) is 4.98 Å². The van der Waals surface area contributed by atoms with Crippen LogP contribution in [0.3, 0.4) is 0 Å². The Morgan fingerprint density at radius 3 is 2.46 bits per heavy atom. The molecule has 0 saturated heterocycles. The minimum Gasteiger partial charge on any atom is -0.504 e. The van der Waals surface area contributed by atoms with E-state index in [1.807, 2.05) is 30.3 Å². The monoisotopic (exact) mass is 349 g/mol. The first-order chi connectivity index (χ1) is 12.7. The molecular formula is C20H15NO5. The molecule has 6 heteroatoms. The van der Waals surface area contributed by atoms with Gasteiger partial charge in [0.15, 0.2) is 23.0 Å². The molecule has 5 rings (SSSR count). The number of hydrogen-bond donors (Lipinski definition) is 1. The number of fused-ring (bicyclic) bond motifs is 6. The van der Waals surface area contributed by atoms with Crippen LogP contribution in [0.2, 0.25) is 0 Å². The highest BCUT2D eigenvalue weighted by Gasteiger charge is 2.20. The van der Waals surface area contributed by atoms with E-state index < -0.39 is 0 Å². The number of ether oxygens (including phenoxy) is 4. The van der Waals surface area contributed by atoms with Gasteiger partial charge in [-0.05, 0) is 29.7 Å². The molecule has 1 aliphatic heterocycles. The summed E-state index contributed by atoms with van der Waals surface area (Å²) in [6.45, 7) is 0.219. The number of benzene rings is 3. The fourth-order valence-electron chi connectivity index (χ4n) is 3.52. The number of nitrogens with zero attached hydrogens (tertiary/aromatic N) is 1. The lowest BCUT2D eigenvalue weighted by molar-refractivity contribution is 0.174. The molecule has 1 aromatic heterocycles. The van der Waals surface area contributed by atoms with Crippen LogP contribution in [0.15, 0.2) is 36.4 Å². The van der Waals surface area contributed by atoms with Crippen molar-refractivity contribution in [3.8, 4) is 28.9 Å². The first-order valence-corrected chi connectivity index (χ1v) is 8.11. The molecule has 0 aliphatic carbocycles. The number of phenols is 1. The maximum absolute atomic E-state index is 10.6. The lowest BCUT2D eigenvalue weighted by Gasteiger charge is -2.13. The van der Waals surface area contributed by atoms with Gasteiger partial charge in [0.2, 0.25) is 12.7 Å². The van der Waals surface area contributed by atoms with E-state index in [4.69, 9.17) is 18.9 Å². The maximum Gasteiger partial charge on any atom is 0.231 e. The van der Waals surface area contributed by atoms with Crippen LogP contribution >= 0.6 is 0 Å². The van der Waals surface area contributed by atoms with E-state index in [1.165, 1.54) is 14.2 Å². The van der Waals surface area contributed by atoms with Crippen LogP contribution < -0.4 is 18.9 Å². The highest BCUT2D eigenvalue weighted by Crippen LogP contribution is 2.44. The zero-order chi connectivity index (χ0) is 17.8. The molecule has 0 saturated carbocycles. The van der Waals surface area contributed by atoms with Crippen LogP contribution in [-0.2, 0) is 0 Å². The summed E-state index contributed by atoms with van der Waals surface area (Å²) in [4.78, 5) is 4.68. The normalized spacial score (nSPS) is 12.8. The number of aromatic hydroxyl groups is 1. The Labute approximate surface area is 148 Å². The number of rotatable bonds is 2. The van der Waals surface area contributed by atoms with Gasteiger partial charge in [0.05, 0.1) is 25.1 Å². The van der Waals surface area contributed by atoms with Crippen LogP contribution in [0.25, 0.3) is 32.4 Å². The SMILES string of the molecule is COc1ccc2c(c(OC)nc3c4cc5c(cc4ccc23)OCO5)c1O. The van der Waals surface area contributed by atoms with Crippen molar-refractivity contribution in [3.63, 3.8) is 0 Å². The van der Waals surface area contributed by atoms with Gasteiger partial charge in [-0.1, -0.05) is 12.1 Å². The van der Waals surface area contributed by atoms with Gasteiger partial charge in [0.1, 0.15) is 0 Å². The molecule has 0 atom stereocenters. The topological polar surface area (TPSA) is 70.0 Å². The molecule has 0 fully saturated rings. The Hall–Kier alpha value is -3.41. The van der Waals surface area contributed by atoms with Gasteiger partial charge < -0.3 is 24.1 Å². The van der Waals surface area contributed by atoms with Gasteiger partial charge in [-0.2, -0.15) is 0 Å². The van der Waals surface area contributed by atoms with Gasteiger partial charge in [-0.15, -0.1) is 0 Å². The third kappa shape index (κ3) is 1.89.